The average molecular weight is 344 g/mol. The van der Waals surface area contributed by atoms with Crippen LogP contribution in [0.15, 0.2) is 42.5 Å². The normalized spacial score (nSPS) is 17.2. The second-order valence-electron chi connectivity index (χ2n) is 6.38. The third-order valence-corrected chi connectivity index (χ3v) is 4.53. The summed E-state index contributed by atoms with van der Waals surface area (Å²) in [7, 11) is 0. The topological polar surface area (TPSA) is 62.7 Å². The molecule has 3 rings (SSSR count). The molecule has 0 bridgehead atoms. The Labute approximate surface area is 146 Å². The maximum Gasteiger partial charge on any atom is 0.348 e. The molecule has 2 heterocycles. The highest BCUT2D eigenvalue weighted by atomic mass is 19.1. The van der Waals surface area contributed by atoms with Gasteiger partial charge in [0, 0.05) is 38.2 Å². The van der Waals surface area contributed by atoms with Gasteiger partial charge in [0.15, 0.2) is 11.6 Å². The Morgan fingerprint density at radius 2 is 1.96 bits per heavy atom. The van der Waals surface area contributed by atoms with Crippen molar-refractivity contribution in [2.75, 3.05) is 13.1 Å². The van der Waals surface area contributed by atoms with Gasteiger partial charge in [0.2, 0.25) is 5.60 Å². The van der Waals surface area contributed by atoms with Crippen LogP contribution in [0.3, 0.4) is 0 Å². The van der Waals surface area contributed by atoms with Gasteiger partial charge in [-0.3, -0.25) is 9.88 Å². The number of carbonyl (C=O) groups is 1. The van der Waals surface area contributed by atoms with E-state index in [-0.39, 0.29) is 5.75 Å². The molecule has 0 amide bonds. The van der Waals surface area contributed by atoms with Crippen molar-refractivity contribution in [1.82, 2.24) is 9.88 Å². The number of piperidine rings is 1. The van der Waals surface area contributed by atoms with Crippen LogP contribution in [-0.2, 0) is 11.3 Å². The quantitative estimate of drug-likeness (QED) is 0.903. The monoisotopic (exact) mass is 344 g/mol. The molecule has 1 saturated heterocycles. The van der Waals surface area contributed by atoms with Crippen molar-refractivity contribution in [2.24, 2.45) is 0 Å². The van der Waals surface area contributed by atoms with Crippen molar-refractivity contribution >= 4 is 5.97 Å². The number of aliphatic carboxylic acids is 1. The van der Waals surface area contributed by atoms with Gasteiger partial charge in [-0.25, -0.2) is 9.18 Å². The van der Waals surface area contributed by atoms with Crippen LogP contribution in [0.5, 0.6) is 5.75 Å². The largest absolute Gasteiger partial charge is 0.478 e. The molecule has 1 aromatic carbocycles. The molecular weight excluding hydrogens is 323 g/mol. The van der Waals surface area contributed by atoms with E-state index in [2.05, 4.69) is 9.88 Å². The number of pyridine rings is 1. The summed E-state index contributed by atoms with van der Waals surface area (Å²) in [5.74, 6) is -1.61. The van der Waals surface area contributed by atoms with Crippen LogP contribution < -0.4 is 4.74 Å². The molecule has 1 N–H and O–H groups in total. The third-order valence-electron chi connectivity index (χ3n) is 4.53. The molecule has 1 aliphatic heterocycles. The van der Waals surface area contributed by atoms with Crippen molar-refractivity contribution < 1.29 is 19.0 Å². The number of para-hydroxylation sites is 1. The van der Waals surface area contributed by atoms with E-state index < -0.39 is 17.4 Å². The number of hydrogen-bond acceptors (Lipinski definition) is 4. The Morgan fingerprint density at radius 3 is 2.60 bits per heavy atom. The zero-order valence-electron chi connectivity index (χ0n) is 14.1. The second-order valence-corrected chi connectivity index (χ2v) is 6.38. The highest BCUT2D eigenvalue weighted by molar-refractivity contribution is 5.78. The number of hydrogen-bond donors (Lipinski definition) is 1. The van der Waals surface area contributed by atoms with Gasteiger partial charge in [-0.05, 0) is 31.2 Å². The maximum atomic E-state index is 13.8. The molecule has 1 aromatic heterocycles. The summed E-state index contributed by atoms with van der Waals surface area (Å²) in [5, 5.41) is 9.68. The van der Waals surface area contributed by atoms with Gasteiger partial charge >= 0.3 is 5.97 Å². The average Bonchev–Trinajstić information content (AvgIpc) is 2.59. The van der Waals surface area contributed by atoms with E-state index in [1.807, 2.05) is 25.1 Å². The standard InChI is InChI=1S/C19H21FN2O3/c1-14-5-4-6-15(21-14)13-22-11-9-19(10-12-22,18(23)24)25-17-8-3-2-7-16(17)20/h2-8H,9-13H2,1H3,(H,23,24). The fourth-order valence-corrected chi connectivity index (χ4v) is 3.09. The van der Waals surface area contributed by atoms with E-state index in [0.717, 1.165) is 11.4 Å². The van der Waals surface area contributed by atoms with Gasteiger partial charge in [-0.15, -0.1) is 0 Å². The minimum atomic E-state index is -1.39. The van der Waals surface area contributed by atoms with Gasteiger partial charge in [-0.1, -0.05) is 18.2 Å². The fraction of sp³-hybridized carbons (Fsp3) is 0.368. The van der Waals surface area contributed by atoms with Crippen LogP contribution in [0.2, 0.25) is 0 Å². The van der Waals surface area contributed by atoms with E-state index >= 15 is 0 Å². The Hall–Kier alpha value is -2.47. The Kier molecular flexibility index (Phi) is 4.99. The predicted molar refractivity (Wildman–Crippen MR) is 90.9 cm³/mol. The van der Waals surface area contributed by atoms with Crippen LogP contribution >= 0.6 is 0 Å². The summed E-state index contributed by atoms with van der Waals surface area (Å²) in [6.45, 7) is 3.71. The van der Waals surface area contributed by atoms with E-state index in [1.165, 1.54) is 12.1 Å². The van der Waals surface area contributed by atoms with Crippen molar-refractivity contribution in [3.8, 4) is 5.75 Å². The molecule has 0 spiro atoms. The van der Waals surface area contributed by atoms with Crippen molar-refractivity contribution in [3.05, 3.63) is 59.7 Å². The minimum Gasteiger partial charge on any atom is -0.478 e. The molecule has 0 saturated carbocycles. The van der Waals surface area contributed by atoms with Crippen LogP contribution in [0.25, 0.3) is 0 Å². The van der Waals surface area contributed by atoms with E-state index in [9.17, 15) is 14.3 Å². The van der Waals surface area contributed by atoms with Gasteiger partial charge in [0.1, 0.15) is 0 Å². The summed E-state index contributed by atoms with van der Waals surface area (Å²) in [6.07, 6.45) is 0.588. The molecule has 132 valence electrons. The number of nitrogens with zero attached hydrogens (tertiary/aromatic N) is 2. The number of aromatic nitrogens is 1. The number of aryl methyl sites for hydroxylation is 1. The highest BCUT2D eigenvalue weighted by Crippen LogP contribution is 2.31. The number of benzene rings is 1. The lowest BCUT2D eigenvalue weighted by Gasteiger charge is -2.38. The summed E-state index contributed by atoms with van der Waals surface area (Å²) < 4.78 is 19.5. The molecule has 0 unspecified atom stereocenters. The smallest absolute Gasteiger partial charge is 0.348 e. The van der Waals surface area contributed by atoms with Crippen LogP contribution in [0.4, 0.5) is 4.39 Å². The third kappa shape index (κ3) is 3.96. The van der Waals surface area contributed by atoms with Gasteiger partial charge in [0.25, 0.3) is 0 Å². The van der Waals surface area contributed by atoms with Crippen LogP contribution in [0.1, 0.15) is 24.2 Å². The zero-order valence-corrected chi connectivity index (χ0v) is 14.1. The van der Waals surface area contributed by atoms with Crippen molar-refractivity contribution in [3.63, 3.8) is 0 Å². The van der Waals surface area contributed by atoms with Gasteiger partial charge in [0.05, 0.1) is 5.69 Å². The first-order valence-electron chi connectivity index (χ1n) is 8.30. The molecule has 6 heteroatoms. The molecule has 0 aliphatic carbocycles. The molecule has 0 radical (unpaired) electrons. The lowest BCUT2D eigenvalue weighted by molar-refractivity contribution is -0.160. The number of halogens is 1. The Bertz CT molecular complexity index is 758. The van der Waals surface area contributed by atoms with Gasteiger partial charge < -0.3 is 9.84 Å². The number of carboxylic acid groups (broad SMARTS) is 1. The summed E-state index contributed by atoms with van der Waals surface area (Å²) in [5.41, 5.74) is 0.522. The number of likely N-dealkylation sites (tertiary alicyclic amines) is 1. The van der Waals surface area contributed by atoms with Crippen molar-refractivity contribution in [2.45, 2.75) is 31.9 Å². The first kappa shape index (κ1) is 17.4. The molecule has 0 atom stereocenters. The molecule has 1 aliphatic rings. The zero-order chi connectivity index (χ0) is 17.9. The van der Waals surface area contributed by atoms with Crippen LogP contribution in [-0.4, -0.2) is 39.7 Å². The Balaban J connectivity index is 1.68. The molecule has 1 fully saturated rings. The fourth-order valence-electron chi connectivity index (χ4n) is 3.09. The first-order chi connectivity index (χ1) is 12.0. The maximum absolute atomic E-state index is 13.8. The lowest BCUT2D eigenvalue weighted by atomic mass is 9.91. The SMILES string of the molecule is Cc1cccc(CN2CCC(Oc3ccccc3F)(C(=O)O)CC2)n1. The van der Waals surface area contributed by atoms with Crippen LogP contribution in [0, 0.1) is 12.7 Å². The summed E-state index contributed by atoms with van der Waals surface area (Å²) in [6, 6.07) is 11.8. The van der Waals surface area contributed by atoms with E-state index in [1.54, 1.807) is 12.1 Å². The Morgan fingerprint density at radius 1 is 1.24 bits per heavy atom. The van der Waals surface area contributed by atoms with E-state index in [0.29, 0.717) is 32.5 Å². The highest BCUT2D eigenvalue weighted by Gasteiger charge is 2.44. The minimum absolute atomic E-state index is 0.0151. The van der Waals surface area contributed by atoms with Gasteiger partial charge in [-0.2, -0.15) is 0 Å². The molecule has 5 nitrogen and oxygen atoms in total. The summed E-state index contributed by atoms with van der Waals surface area (Å²) >= 11 is 0. The molecular formula is C19H21FN2O3. The number of carboxylic acids is 1. The molecule has 25 heavy (non-hydrogen) atoms. The molecule has 2 aromatic rings. The lowest BCUT2D eigenvalue weighted by Crippen LogP contribution is -2.53. The van der Waals surface area contributed by atoms with Crippen molar-refractivity contribution in [1.29, 1.82) is 0 Å². The van der Waals surface area contributed by atoms with E-state index in [4.69, 9.17) is 4.74 Å². The summed E-state index contributed by atoms with van der Waals surface area (Å²) in [4.78, 5) is 18.4. The first-order valence-corrected chi connectivity index (χ1v) is 8.30. The number of ether oxygens (including phenoxy) is 1. The number of rotatable bonds is 5. The second kappa shape index (κ2) is 7.19. The predicted octanol–water partition coefficient (Wildman–Crippen LogP) is 3.03.